The molecule has 1 unspecified atom stereocenters. The normalized spacial score (nSPS) is 23.9. The van der Waals surface area contributed by atoms with Crippen LogP contribution in [0.15, 0.2) is 12.3 Å². The van der Waals surface area contributed by atoms with Crippen LogP contribution in [0.2, 0.25) is 0 Å². The highest BCUT2D eigenvalue weighted by Gasteiger charge is 2.47. The zero-order valence-corrected chi connectivity index (χ0v) is 12.8. The van der Waals surface area contributed by atoms with E-state index in [2.05, 4.69) is 23.8 Å². The lowest BCUT2D eigenvalue weighted by Gasteiger charge is -2.28. The number of likely N-dealkylation sites (tertiary alicyclic amines) is 1. The molecular weight excluding hydrogens is 254 g/mol. The van der Waals surface area contributed by atoms with Crippen molar-refractivity contribution in [1.29, 1.82) is 0 Å². The van der Waals surface area contributed by atoms with Gasteiger partial charge in [-0.05, 0) is 38.8 Å². The Kier molecular flexibility index (Phi) is 4.18. The molecule has 1 aromatic heterocycles. The summed E-state index contributed by atoms with van der Waals surface area (Å²) in [5.41, 5.74) is 0.421. The molecule has 1 N–H and O–H groups in total. The topological polar surface area (TPSA) is 58.4 Å². The fraction of sp³-hybridized carbons (Fsp3) is 0.733. The van der Waals surface area contributed by atoms with Crippen LogP contribution in [0, 0.1) is 11.3 Å². The molecule has 0 aliphatic carbocycles. The molecule has 112 valence electrons. The van der Waals surface area contributed by atoms with Crippen LogP contribution in [0.1, 0.15) is 45.9 Å². The van der Waals surface area contributed by atoms with E-state index in [0.29, 0.717) is 12.6 Å². The van der Waals surface area contributed by atoms with Crippen molar-refractivity contribution in [2.45, 2.75) is 46.7 Å². The van der Waals surface area contributed by atoms with Crippen LogP contribution in [0.5, 0.6) is 0 Å². The largest absolute Gasteiger partial charge is 0.481 e. The number of carboxylic acid groups (broad SMARTS) is 1. The van der Waals surface area contributed by atoms with Crippen molar-refractivity contribution in [3.05, 3.63) is 18.0 Å². The van der Waals surface area contributed by atoms with E-state index in [4.69, 9.17) is 0 Å². The maximum absolute atomic E-state index is 11.6. The Hall–Kier alpha value is -1.36. The molecule has 1 aliphatic rings. The highest BCUT2D eigenvalue weighted by molar-refractivity contribution is 5.75. The van der Waals surface area contributed by atoms with Gasteiger partial charge >= 0.3 is 5.97 Å². The summed E-state index contributed by atoms with van der Waals surface area (Å²) in [6.45, 7) is 10.4. The van der Waals surface area contributed by atoms with E-state index in [9.17, 15) is 9.90 Å². The third-order valence-corrected chi connectivity index (χ3v) is 4.49. The van der Waals surface area contributed by atoms with Crippen LogP contribution in [0.4, 0.5) is 0 Å². The molecule has 5 nitrogen and oxygen atoms in total. The molecule has 5 heteroatoms. The molecule has 1 saturated heterocycles. The minimum Gasteiger partial charge on any atom is -0.481 e. The molecule has 0 amide bonds. The molecule has 1 aliphatic heterocycles. The van der Waals surface area contributed by atoms with E-state index >= 15 is 0 Å². The van der Waals surface area contributed by atoms with E-state index in [1.54, 1.807) is 0 Å². The van der Waals surface area contributed by atoms with E-state index in [1.165, 1.54) is 0 Å². The molecule has 0 spiro atoms. The van der Waals surface area contributed by atoms with Crippen LogP contribution in [-0.2, 0) is 11.3 Å². The summed E-state index contributed by atoms with van der Waals surface area (Å²) < 4.78 is 1.94. The minimum absolute atomic E-state index is 0.151. The van der Waals surface area contributed by atoms with E-state index in [1.807, 2.05) is 30.8 Å². The Morgan fingerprint density at radius 2 is 2.15 bits per heavy atom. The minimum atomic E-state index is -0.664. The Labute approximate surface area is 120 Å². The van der Waals surface area contributed by atoms with Gasteiger partial charge in [0.15, 0.2) is 0 Å². The van der Waals surface area contributed by atoms with Gasteiger partial charge in [-0.25, -0.2) is 0 Å². The summed E-state index contributed by atoms with van der Waals surface area (Å²) >= 11 is 0. The van der Waals surface area contributed by atoms with Gasteiger partial charge in [-0.15, -0.1) is 0 Å². The summed E-state index contributed by atoms with van der Waals surface area (Å²) in [4.78, 5) is 13.8. The van der Waals surface area contributed by atoms with Gasteiger partial charge < -0.3 is 5.11 Å². The lowest BCUT2D eigenvalue weighted by atomic mass is 9.76. The number of aromatic nitrogens is 2. The molecule has 1 fully saturated rings. The maximum Gasteiger partial charge on any atom is 0.311 e. The quantitative estimate of drug-likeness (QED) is 0.899. The van der Waals surface area contributed by atoms with E-state index < -0.39 is 11.4 Å². The Morgan fingerprint density at radius 1 is 1.45 bits per heavy atom. The van der Waals surface area contributed by atoms with Crippen molar-refractivity contribution in [3.63, 3.8) is 0 Å². The average molecular weight is 279 g/mol. The molecule has 0 radical (unpaired) electrons. The molecule has 1 atom stereocenters. The van der Waals surface area contributed by atoms with E-state index in [0.717, 1.165) is 25.2 Å². The van der Waals surface area contributed by atoms with Crippen LogP contribution >= 0.6 is 0 Å². The maximum atomic E-state index is 11.6. The molecule has 20 heavy (non-hydrogen) atoms. The van der Waals surface area contributed by atoms with Gasteiger partial charge in [-0.1, -0.05) is 13.8 Å². The number of aliphatic carboxylic acids is 1. The van der Waals surface area contributed by atoms with Crippen LogP contribution in [-0.4, -0.2) is 38.8 Å². The first-order valence-corrected chi connectivity index (χ1v) is 7.35. The molecule has 2 rings (SSSR count). The van der Waals surface area contributed by atoms with Crippen molar-refractivity contribution >= 4 is 5.97 Å². The average Bonchev–Trinajstić information content (AvgIpc) is 2.96. The molecule has 0 saturated carbocycles. The monoisotopic (exact) mass is 279 g/mol. The van der Waals surface area contributed by atoms with Crippen molar-refractivity contribution in [1.82, 2.24) is 14.7 Å². The van der Waals surface area contributed by atoms with Crippen molar-refractivity contribution in [3.8, 4) is 0 Å². The van der Waals surface area contributed by atoms with E-state index in [-0.39, 0.29) is 5.92 Å². The third kappa shape index (κ3) is 2.73. The van der Waals surface area contributed by atoms with Gasteiger partial charge in [0, 0.05) is 25.3 Å². The Bertz CT molecular complexity index is 481. The molecule has 0 bridgehead atoms. The Balaban J connectivity index is 2.04. The highest BCUT2D eigenvalue weighted by Crippen LogP contribution is 2.38. The van der Waals surface area contributed by atoms with Gasteiger partial charge in [0.25, 0.3) is 0 Å². The second-order valence-corrected chi connectivity index (χ2v) is 6.46. The SMILES string of the molecule is CC(C)n1ccc(CN2CCC(C(=O)O)(C(C)C)C2)n1. The predicted molar refractivity (Wildman–Crippen MR) is 77.4 cm³/mol. The predicted octanol–water partition coefficient (Wildman–Crippen LogP) is 2.40. The molecular formula is C15H25N3O2. The molecule has 0 aromatic carbocycles. The van der Waals surface area contributed by atoms with Crippen molar-refractivity contribution in [2.75, 3.05) is 13.1 Å². The summed E-state index contributed by atoms with van der Waals surface area (Å²) in [5, 5.41) is 14.1. The first-order chi connectivity index (χ1) is 9.35. The number of carbonyl (C=O) groups is 1. The number of rotatable bonds is 5. The summed E-state index contributed by atoms with van der Waals surface area (Å²) in [7, 11) is 0. The standard InChI is InChI=1S/C15H25N3O2/c1-11(2)15(14(19)20)6-8-17(10-15)9-13-5-7-18(16-13)12(3)4/h5,7,11-12H,6,8-10H2,1-4H3,(H,19,20). The van der Waals surface area contributed by atoms with Crippen LogP contribution < -0.4 is 0 Å². The number of hydrogen-bond acceptors (Lipinski definition) is 3. The van der Waals surface area contributed by atoms with Crippen LogP contribution in [0.25, 0.3) is 0 Å². The summed E-state index contributed by atoms with van der Waals surface area (Å²) in [6, 6.07) is 2.38. The lowest BCUT2D eigenvalue weighted by molar-refractivity contribution is -0.151. The second kappa shape index (κ2) is 5.56. The zero-order chi connectivity index (χ0) is 14.9. The van der Waals surface area contributed by atoms with Crippen LogP contribution in [0.3, 0.4) is 0 Å². The van der Waals surface area contributed by atoms with Crippen molar-refractivity contribution in [2.24, 2.45) is 11.3 Å². The zero-order valence-electron chi connectivity index (χ0n) is 12.8. The van der Waals surface area contributed by atoms with Gasteiger partial charge in [0.1, 0.15) is 0 Å². The molecule has 2 heterocycles. The summed E-state index contributed by atoms with van der Waals surface area (Å²) in [6.07, 6.45) is 2.72. The first kappa shape index (κ1) is 15.0. The van der Waals surface area contributed by atoms with Gasteiger partial charge in [0.2, 0.25) is 0 Å². The fourth-order valence-electron chi connectivity index (χ4n) is 2.92. The number of hydrogen-bond donors (Lipinski definition) is 1. The first-order valence-electron chi connectivity index (χ1n) is 7.35. The smallest absolute Gasteiger partial charge is 0.311 e. The second-order valence-electron chi connectivity index (χ2n) is 6.46. The fourth-order valence-corrected chi connectivity index (χ4v) is 2.92. The van der Waals surface area contributed by atoms with Gasteiger partial charge in [0.05, 0.1) is 11.1 Å². The number of carboxylic acids is 1. The molecule has 1 aromatic rings. The summed E-state index contributed by atoms with van der Waals surface area (Å²) in [5.74, 6) is -0.513. The third-order valence-electron chi connectivity index (χ3n) is 4.49. The number of nitrogens with zero attached hydrogens (tertiary/aromatic N) is 3. The lowest BCUT2D eigenvalue weighted by Crippen LogP contribution is -2.39. The highest BCUT2D eigenvalue weighted by atomic mass is 16.4. The Morgan fingerprint density at radius 3 is 2.60 bits per heavy atom. The van der Waals surface area contributed by atoms with Gasteiger partial charge in [-0.3, -0.25) is 14.4 Å². The van der Waals surface area contributed by atoms with Crippen molar-refractivity contribution < 1.29 is 9.90 Å². The van der Waals surface area contributed by atoms with Gasteiger partial charge in [-0.2, -0.15) is 5.10 Å².